The van der Waals surface area contributed by atoms with E-state index in [1.165, 1.54) is 19.3 Å². The number of unbranched alkanes of at least 4 members (excludes halogenated alkanes) is 3. The monoisotopic (exact) mass is 194 g/mol. The van der Waals surface area contributed by atoms with Crippen molar-refractivity contribution in [3.05, 3.63) is 23.0 Å². The Labute approximate surface area is 85.6 Å². The first-order valence-electron chi connectivity index (χ1n) is 5.27. The first-order valence-corrected chi connectivity index (χ1v) is 5.27. The van der Waals surface area contributed by atoms with E-state index >= 15 is 0 Å². The molecule has 0 unspecified atom stereocenters. The van der Waals surface area contributed by atoms with Crippen molar-refractivity contribution in [1.82, 2.24) is 0 Å². The van der Waals surface area contributed by atoms with Crippen molar-refractivity contribution in [2.75, 3.05) is 0 Å². The van der Waals surface area contributed by atoms with E-state index in [4.69, 9.17) is 4.74 Å². The third-order valence-electron chi connectivity index (χ3n) is 2.58. The van der Waals surface area contributed by atoms with E-state index in [9.17, 15) is 4.79 Å². The lowest BCUT2D eigenvalue weighted by Crippen LogP contribution is -1.94. The number of carbonyl (C=O) groups excluding carboxylic acids is 1. The van der Waals surface area contributed by atoms with Crippen LogP contribution in [0.3, 0.4) is 0 Å². The van der Waals surface area contributed by atoms with Crippen LogP contribution >= 0.6 is 0 Å². The van der Waals surface area contributed by atoms with Crippen LogP contribution in [0.4, 0.5) is 0 Å². The lowest BCUT2D eigenvalue weighted by molar-refractivity contribution is -0.133. The molecule has 78 valence electrons. The molecule has 1 aliphatic rings. The van der Waals surface area contributed by atoms with E-state index in [1.54, 1.807) is 0 Å². The number of carbonyl (C=O) groups is 1. The Kier molecular flexibility index (Phi) is 3.93. The van der Waals surface area contributed by atoms with Crippen LogP contribution in [0.5, 0.6) is 0 Å². The molecule has 0 aromatic heterocycles. The van der Waals surface area contributed by atoms with Crippen LogP contribution in [0.2, 0.25) is 0 Å². The molecule has 0 spiro atoms. The second kappa shape index (κ2) is 4.99. The molecule has 1 rings (SSSR count). The smallest absolute Gasteiger partial charge is 0.339 e. The molecule has 1 heterocycles. The fourth-order valence-corrected chi connectivity index (χ4v) is 1.41. The molecule has 2 nitrogen and oxygen atoms in total. The molecule has 0 amide bonds. The summed E-state index contributed by atoms with van der Waals surface area (Å²) in [6, 6.07) is 0. The SMILES string of the molecule is CCCCCC=C1OC(=O)C(C)=C1C. The average Bonchev–Trinajstić information content (AvgIpc) is 2.41. The van der Waals surface area contributed by atoms with Gasteiger partial charge in [0, 0.05) is 11.1 Å². The zero-order valence-corrected chi connectivity index (χ0v) is 9.22. The number of hydrogen-bond acceptors (Lipinski definition) is 2. The molecule has 0 atom stereocenters. The molecule has 0 aromatic carbocycles. The minimum absolute atomic E-state index is 0.191. The summed E-state index contributed by atoms with van der Waals surface area (Å²) in [5, 5.41) is 0. The molecule has 0 N–H and O–H groups in total. The van der Waals surface area contributed by atoms with Gasteiger partial charge in [0.15, 0.2) is 0 Å². The van der Waals surface area contributed by atoms with Crippen LogP contribution in [0.25, 0.3) is 0 Å². The lowest BCUT2D eigenvalue weighted by Gasteiger charge is -1.98. The summed E-state index contributed by atoms with van der Waals surface area (Å²) < 4.78 is 5.11. The molecule has 2 heteroatoms. The molecule has 1 aliphatic heterocycles. The topological polar surface area (TPSA) is 26.3 Å². The molecular formula is C12H18O2. The largest absolute Gasteiger partial charge is 0.423 e. The Bertz CT molecular complexity index is 285. The van der Waals surface area contributed by atoms with Crippen molar-refractivity contribution in [2.45, 2.75) is 46.5 Å². The van der Waals surface area contributed by atoms with Crippen molar-refractivity contribution in [3.8, 4) is 0 Å². The van der Waals surface area contributed by atoms with Crippen LogP contribution in [0.1, 0.15) is 46.5 Å². The van der Waals surface area contributed by atoms with Crippen molar-refractivity contribution in [1.29, 1.82) is 0 Å². The van der Waals surface area contributed by atoms with E-state index < -0.39 is 0 Å². The molecule has 0 fully saturated rings. The van der Waals surface area contributed by atoms with E-state index in [2.05, 4.69) is 6.92 Å². The van der Waals surface area contributed by atoms with E-state index in [0.717, 1.165) is 23.3 Å². The zero-order chi connectivity index (χ0) is 10.6. The van der Waals surface area contributed by atoms with Gasteiger partial charge in [0.05, 0.1) is 0 Å². The minimum atomic E-state index is -0.191. The van der Waals surface area contributed by atoms with Crippen LogP contribution in [-0.2, 0) is 9.53 Å². The summed E-state index contributed by atoms with van der Waals surface area (Å²) in [5.41, 5.74) is 1.73. The van der Waals surface area contributed by atoms with Crippen molar-refractivity contribution < 1.29 is 9.53 Å². The van der Waals surface area contributed by atoms with Crippen LogP contribution < -0.4 is 0 Å². The predicted molar refractivity (Wildman–Crippen MR) is 56.7 cm³/mol. The Balaban J connectivity index is 2.51. The molecule has 0 bridgehead atoms. The quantitative estimate of drug-likeness (QED) is 0.506. The number of esters is 1. The summed E-state index contributed by atoms with van der Waals surface area (Å²) in [4.78, 5) is 11.2. The van der Waals surface area contributed by atoms with Gasteiger partial charge in [0.1, 0.15) is 5.76 Å². The van der Waals surface area contributed by atoms with E-state index in [-0.39, 0.29) is 5.97 Å². The first-order chi connectivity index (χ1) is 6.66. The molecule has 0 aromatic rings. The number of rotatable bonds is 4. The molecule has 14 heavy (non-hydrogen) atoms. The van der Waals surface area contributed by atoms with Gasteiger partial charge < -0.3 is 4.74 Å². The maximum absolute atomic E-state index is 11.2. The highest BCUT2D eigenvalue weighted by Crippen LogP contribution is 2.25. The third kappa shape index (κ3) is 2.47. The Morgan fingerprint density at radius 1 is 1.21 bits per heavy atom. The summed E-state index contributed by atoms with van der Waals surface area (Å²) >= 11 is 0. The summed E-state index contributed by atoms with van der Waals surface area (Å²) in [5.74, 6) is 0.577. The number of allylic oxidation sites excluding steroid dienone is 2. The van der Waals surface area contributed by atoms with Gasteiger partial charge in [-0.2, -0.15) is 0 Å². The molecule has 0 saturated carbocycles. The molecule has 0 aliphatic carbocycles. The van der Waals surface area contributed by atoms with Gasteiger partial charge in [-0.1, -0.05) is 19.8 Å². The maximum atomic E-state index is 11.2. The second-order valence-electron chi connectivity index (χ2n) is 3.70. The van der Waals surface area contributed by atoms with Gasteiger partial charge >= 0.3 is 5.97 Å². The predicted octanol–water partition coefficient (Wildman–Crippen LogP) is 3.34. The number of cyclic esters (lactones) is 1. The summed E-state index contributed by atoms with van der Waals surface area (Å²) in [6.45, 7) is 5.93. The van der Waals surface area contributed by atoms with Crippen LogP contribution in [-0.4, -0.2) is 5.97 Å². The zero-order valence-electron chi connectivity index (χ0n) is 9.22. The van der Waals surface area contributed by atoms with Gasteiger partial charge in [-0.15, -0.1) is 0 Å². The minimum Gasteiger partial charge on any atom is -0.423 e. The second-order valence-corrected chi connectivity index (χ2v) is 3.70. The van der Waals surface area contributed by atoms with Crippen molar-refractivity contribution in [3.63, 3.8) is 0 Å². The van der Waals surface area contributed by atoms with E-state index in [0.29, 0.717) is 0 Å². The number of hydrogen-bond donors (Lipinski definition) is 0. The molecule has 0 saturated heterocycles. The Morgan fingerprint density at radius 3 is 2.43 bits per heavy atom. The first kappa shape index (κ1) is 11.0. The Hall–Kier alpha value is -1.05. The molecule has 0 radical (unpaired) electrons. The lowest BCUT2D eigenvalue weighted by atomic mass is 10.1. The van der Waals surface area contributed by atoms with Crippen LogP contribution in [0, 0.1) is 0 Å². The van der Waals surface area contributed by atoms with E-state index in [1.807, 2.05) is 19.9 Å². The highest BCUT2D eigenvalue weighted by Gasteiger charge is 2.22. The highest BCUT2D eigenvalue weighted by molar-refractivity contribution is 5.93. The normalized spacial score (nSPS) is 19.4. The maximum Gasteiger partial charge on any atom is 0.339 e. The van der Waals surface area contributed by atoms with Crippen molar-refractivity contribution in [2.24, 2.45) is 0 Å². The molecular weight excluding hydrogens is 176 g/mol. The van der Waals surface area contributed by atoms with Gasteiger partial charge in [-0.25, -0.2) is 4.79 Å². The van der Waals surface area contributed by atoms with Gasteiger partial charge in [-0.3, -0.25) is 0 Å². The Morgan fingerprint density at radius 2 is 1.93 bits per heavy atom. The summed E-state index contributed by atoms with van der Waals surface area (Å²) in [7, 11) is 0. The fourth-order valence-electron chi connectivity index (χ4n) is 1.41. The van der Waals surface area contributed by atoms with Gasteiger partial charge in [0.2, 0.25) is 0 Å². The summed E-state index contributed by atoms with van der Waals surface area (Å²) in [6.07, 6.45) is 6.65. The number of ether oxygens (including phenoxy) is 1. The fraction of sp³-hybridized carbons (Fsp3) is 0.583. The van der Waals surface area contributed by atoms with Crippen molar-refractivity contribution >= 4 is 5.97 Å². The van der Waals surface area contributed by atoms with Gasteiger partial charge in [-0.05, 0) is 32.8 Å². The highest BCUT2D eigenvalue weighted by atomic mass is 16.5. The third-order valence-corrected chi connectivity index (χ3v) is 2.58. The van der Waals surface area contributed by atoms with Gasteiger partial charge in [0.25, 0.3) is 0 Å². The average molecular weight is 194 g/mol. The standard InChI is InChI=1S/C12H18O2/c1-4-5-6-7-8-11-9(2)10(3)12(13)14-11/h8H,4-7H2,1-3H3. The van der Waals surface area contributed by atoms with Crippen LogP contribution in [0.15, 0.2) is 23.0 Å².